The molecule has 0 saturated carbocycles. The molecule has 0 radical (unpaired) electrons. The van der Waals surface area contributed by atoms with E-state index < -0.39 is 11.7 Å². The molecule has 26 heavy (non-hydrogen) atoms. The minimum atomic E-state index is -0.541. The van der Waals surface area contributed by atoms with Crippen LogP contribution >= 0.6 is 15.9 Å². The zero-order valence-electron chi connectivity index (χ0n) is 13.8. The summed E-state index contributed by atoms with van der Waals surface area (Å²) < 4.78 is 16.1. The fourth-order valence-corrected chi connectivity index (χ4v) is 2.78. The topological polar surface area (TPSA) is 70.7 Å². The SMILES string of the molecule is CCc1cc(C(=O)Nc2ccc(Br)cc2F)n(-c2cccc(C#N)c2)n1. The number of amides is 1. The molecule has 0 fully saturated rings. The van der Waals surface area contributed by atoms with Gasteiger partial charge in [0, 0.05) is 4.47 Å². The molecule has 1 amide bonds. The van der Waals surface area contributed by atoms with Crippen molar-refractivity contribution in [2.24, 2.45) is 0 Å². The van der Waals surface area contributed by atoms with E-state index in [0.717, 1.165) is 0 Å². The summed E-state index contributed by atoms with van der Waals surface area (Å²) in [5.41, 5.74) is 2.11. The first-order valence-electron chi connectivity index (χ1n) is 7.87. The maximum Gasteiger partial charge on any atom is 0.274 e. The molecule has 5 nitrogen and oxygen atoms in total. The number of carbonyl (C=O) groups excluding carboxylic acids is 1. The van der Waals surface area contributed by atoms with Crippen molar-refractivity contribution in [2.75, 3.05) is 5.32 Å². The molecular formula is C19H14BrFN4O. The second-order valence-electron chi connectivity index (χ2n) is 5.53. The number of anilines is 1. The average molecular weight is 413 g/mol. The summed E-state index contributed by atoms with van der Waals surface area (Å²) in [6.45, 7) is 1.93. The molecular weight excluding hydrogens is 399 g/mol. The number of benzene rings is 2. The molecule has 1 aromatic heterocycles. The number of rotatable bonds is 4. The number of nitrogens with one attached hydrogen (secondary N) is 1. The van der Waals surface area contributed by atoms with E-state index in [4.69, 9.17) is 5.26 Å². The monoisotopic (exact) mass is 412 g/mol. The van der Waals surface area contributed by atoms with Crippen LogP contribution in [0.15, 0.2) is 53.0 Å². The molecule has 0 unspecified atom stereocenters. The lowest BCUT2D eigenvalue weighted by Gasteiger charge is -2.09. The Morgan fingerprint density at radius 2 is 2.12 bits per heavy atom. The Morgan fingerprint density at radius 1 is 1.31 bits per heavy atom. The quantitative estimate of drug-likeness (QED) is 0.687. The van der Waals surface area contributed by atoms with Gasteiger partial charge in [0.1, 0.15) is 11.5 Å². The third-order valence-electron chi connectivity index (χ3n) is 3.75. The number of aromatic nitrogens is 2. The highest BCUT2D eigenvalue weighted by Crippen LogP contribution is 2.21. The van der Waals surface area contributed by atoms with E-state index in [0.29, 0.717) is 27.8 Å². The van der Waals surface area contributed by atoms with Crippen molar-refractivity contribution in [1.82, 2.24) is 9.78 Å². The summed E-state index contributed by atoms with van der Waals surface area (Å²) in [5.74, 6) is -1.03. The van der Waals surface area contributed by atoms with Crippen molar-refractivity contribution in [2.45, 2.75) is 13.3 Å². The van der Waals surface area contributed by atoms with Gasteiger partial charge in [-0.1, -0.05) is 28.9 Å². The first-order valence-corrected chi connectivity index (χ1v) is 8.67. The first-order chi connectivity index (χ1) is 12.5. The van der Waals surface area contributed by atoms with E-state index >= 15 is 0 Å². The zero-order valence-corrected chi connectivity index (χ0v) is 15.4. The van der Waals surface area contributed by atoms with Crippen molar-refractivity contribution in [3.05, 3.63) is 75.8 Å². The van der Waals surface area contributed by atoms with Crippen LogP contribution < -0.4 is 5.32 Å². The minimum absolute atomic E-state index is 0.0785. The lowest BCUT2D eigenvalue weighted by atomic mass is 10.2. The number of hydrogen-bond donors (Lipinski definition) is 1. The Balaban J connectivity index is 2.00. The molecule has 130 valence electrons. The summed E-state index contributed by atoms with van der Waals surface area (Å²) in [6.07, 6.45) is 0.637. The van der Waals surface area contributed by atoms with Crippen molar-refractivity contribution < 1.29 is 9.18 Å². The van der Waals surface area contributed by atoms with E-state index in [2.05, 4.69) is 32.4 Å². The molecule has 3 rings (SSSR count). The Kier molecular flexibility index (Phi) is 5.14. The standard InChI is InChI=1S/C19H14BrFN4O/c1-2-14-10-18(19(26)23-17-7-6-13(20)9-16(17)21)25(24-14)15-5-3-4-12(8-15)11-22/h3-10H,2H2,1H3,(H,23,26). The van der Waals surface area contributed by atoms with Crippen LogP contribution in [0.1, 0.15) is 28.7 Å². The average Bonchev–Trinajstić information content (AvgIpc) is 3.09. The lowest BCUT2D eigenvalue weighted by molar-refractivity contribution is 0.101. The normalized spacial score (nSPS) is 10.4. The largest absolute Gasteiger partial charge is 0.318 e. The van der Waals surface area contributed by atoms with Gasteiger partial charge in [-0.2, -0.15) is 10.4 Å². The maximum absolute atomic E-state index is 14.0. The Bertz CT molecular complexity index is 1020. The van der Waals surface area contributed by atoms with Gasteiger partial charge in [0.15, 0.2) is 0 Å². The highest BCUT2D eigenvalue weighted by molar-refractivity contribution is 9.10. The molecule has 7 heteroatoms. The van der Waals surface area contributed by atoms with Crippen LogP contribution in [0.5, 0.6) is 0 Å². The molecule has 2 aromatic carbocycles. The zero-order chi connectivity index (χ0) is 18.7. The molecule has 0 spiro atoms. The molecule has 1 heterocycles. The summed E-state index contributed by atoms with van der Waals surface area (Å²) in [7, 11) is 0. The molecule has 0 atom stereocenters. The number of carbonyl (C=O) groups is 1. The second kappa shape index (κ2) is 7.50. The van der Waals surface area contributed by atoms with Gasteiger partial charge < -0.3 is 5.32 Å². The summed E-state index contributed by atoms with van der Waals surface area (Å²) >= 11 is 3.18. The molecule has 3 aromatic rings. The summed E-state index contributed by atoms with van der Waals surface area (Å²) in [6, 6.07) is 14.9. The molecule has 1 N–H and O–H groups in total. The van der Waals surface area contributed by atoms with Gasteiger partial charge in [0.05, 0.1) is 28.7 Å². The van der Waals surface area contributed by atoms with E-state index in [1.54, 1.807) is 36.4 Å². The summed E-state index contributed by atoms with van der Waals surface area (Å²) in [5, 5.41) is 16.1. The van der Waals surface area contributed by atoms with Crippen LogP contribution in [0.4, 0.5) is 10.1 Å². The van der Waals surface area contributed by atoms with Crippen LogP contribution in [0.3, 0.4) is 0 Å². The van der Waals surface area contributed by atoms with Gasteiger partial charge in [0.25, 0.3) is 5.91 Å². The number of hydrogen-bond acceptors (Lipinski definition) is 3. The summed E-state index contributed by atoms with van der Waals surface area (Å²) in [4.78, 5) is 12.7. The predicted octanol–water partition coefficient (Wildman–Crippen LogP) is 4.46. The maximum atomic E-state index is 14.0. The van der Waals surface area contributed by atoms with Gasteiger partial charge >= 0.3 is 0 Å². The van der Waals surface area contributed by atoms with E-state index in [9.17, 15) is 9.18 Å². The third-order valence-corrected chi connectivity index (χ3v) is 4.25. The van der Waals surface area contributed by atoms with E-state index in [1.807, 2.05) is 6.92 Å². The Morgan fingerprint density at radius 3 is 2.81 bits per heavy atom. The molecule has 0 aliphatic rings. The van der Waals surface area contributed by atoms with E-state index in [-0.39, 0.29) is 11.4 Å². The smallest absolute Gasteiger partial charge is 0.274 e. The highest BCUT2D eigenvalue weighted by Gasteiger charge is 2.18. The van der Waals surface area contributed by atoms with E-state index in [1.165, 1.54) is 16.8 Å². The minimum Gasteiger partial charge on any atom is -0.318 e. The van der Waals surface area contributed by atoms with Crippen LogP contribution in [0.2, 0.25) is 0 Å². The van der Waals surface area contributed by atoms with Gasteiger partial charge in [0.2, 0.25) is 0 Å². The van der Waals surface area contributed by atoms with Gasteiger partial charge in [-0.25, -0.2) is 9.07 Å². The fraction of sp³-hybridized carbons (Fsp3) is 0.105. The van der Waals surface area contributed by atoms with Crippen molar-refractivity contribution in [1.29, 1.82) is 5.26 Å². The molecule has 0 bridgehead atoms. The van der Waals surface area contributed by atoms with Crippen LogP contribution in [-0.2, 0) is 6.42 Å². The second-order valence-corrected chi connectivity index (χ2v) is 6.44. The van der Waals surface area contributed by atoms with Gasteiger partial charge in [-0.15, -0.1) is 0 Å². The molecule has 0 aliphatic carbocycles. The fourth-order valence-electron chi connectivity index (χ4n) is 2.45. The predicted molar refractivity (Wildman–Crippen MR) is 99.7 cm³/mol. The molecule has 0 saturated heterocycles. The Hall–Kier alpha value is -2.98. The van der Waals surface area contributed by atoms with Crippen molar-refractivity contribution in [3.8, 4) is 11.8 Å². The number of aryl methyl sites for hydroxylation is 1. The van der Waals surface area contributed by atoms with Gasteiger partial charge in [-0.3, -0.25) is 4.79 Å². The first kappa shape index (κ1) is 17.8. The highest BCUT2D eigenvalue weighted by atomic mass is 79.9. The Labute approximate surface area is 158 Å². The van der Waals surface area contributed by atoms with Gasteiger partial charge in [-0.05, 0) is 48.9 Å². The number of nitrogens with zero attached hydrogens (tertiary/aromatic N) is 3. The number of nitriles is 1. The lowest BCUT2D eigenvalue weighted by Crippen LogP contribution is -2.17. The van der Waals surface area contributed by atoms with Crippen LogP contribution in [0.25, 0.3) is 5.69 Å². The van der Waals surface area contributed by atoms with Crippen molar-refractivity contribution in [3.63, 3.8) is 0 Å². The van der Waals surface area contributed by atoms with Crippen molar-refractivity contribution >= 4 is 27.5 Å². The third kappa shape index (κ3) is 3.65. The van der Waals surface area contributed by atoms with Crippen LogP contribution in [0, 0.1) is 17.1 Å². The van der Waals surface area contributed by atoms with Crippen LogP contribution in [-0.4, -0.2) is 15.7 Å². The number of halogens is 2. The molecule has 0 aliphatic heterocycles.